The summed E-state index contributed by atoms with van der Waals surface area (Å²) in [5, 5.41) is 5.90. The Balaban J connectivity index is 2.78. The van der Waals surface area contributed by atoms with Crippen LogP contribution in [0.2, 0.25) is 0 Å². The van der Waals surface area contributed by atoms with E-state index in [2.05, 4.69) is 20.6 Å². The molecular formula is C12H21N5O. The number of amides is 1. The van der Waals surface area contributed by atoms with E-state index in [0.29, 0.717) is 18.1 Å². The summed E-state index contributed by atoms with van der Waals surface area (Å²) in [6.07, 6.45) is 2.11. The minimum Gasteiger partial charge on any atom is -0.383 e. The predicted octanol–water partition coefficient (Wildman–Crippen LogP) is 0.946. The van der Waals surface area contributed by atoms with Crippen LogP contribution >= 0.6 is 0 Å². The summed E-state index contributed by atoms with van der Waals surface area (Å²) < 4.78 is 0. The zero-order valence-corrected chi connectivity index (χ0v) is 11.3. The van der Waals surface area contributed by atoms with E-state index < -0.39 is 0 Å². The van der Waals surface area contributed by atoms with Crippen LogP contribution in [0.4, 0.5) is 11.6 Å². The molecule has 0 aromatic carbocycles. The van der Waals surface area contributed by atoms with Crippen molar-refractivity contribution >= 4 is 17.5 Å². The number of nitrogen functional groups attached to an aromatic ring is 1. The molecule has 0 saturated heterocycles. The van der Waals surface area contributed by atoms with Crippen molar-refractivity contribution in [2.45, 2.75) is 46.2 Å². The average Bonchev–Trinajstić information content (AvgIpc) is 2.28. The second kappa shape index (κ2) is 6.18. The van der Waals surface area contributed by atoms with Gasteiger partial charge in [-0.25, -0.2) is 9.97 Å². The number of carbonyl (C=O) groups excluding carboxylic acids is 1. The van der Waals surface area contributed by atoms with Gasteiger partial charge in [0.1, 0.15) is 24.0 Å². The molecule has 1 amide bonds. The average molecular weight is 251 g/mol. The molecule has 6 nitrogen and oxygen atoms in total. The maximum atomic E-state index is 11.8. The van der Waals surface area contributed by atoms with Crippen molar-refractivity contribution in [2.75, 3.05) is 11.1 Å². The van der Waals surface area contributed by atoms with E-state index >= 15 is 0 Å². The molecular weight excluding hydrogens is 230 g/mol. The van der Waals surface area contributed by atoms with Crippen LogP contribution < -0.4 is 16.4 Å². The quantitative estimate of drug-likeness (QED) is 0.724. The standard InChI is InChI=1S/C12H21N5O/c1-5-9-10(13)14-6-15-11(9)17-8(4)12(18)16-7(2)3/h6-8H,5H2,1-4H3,(H,16,18)(H3,13,14,15,17). The molecule has 0 bridgehead atoms. The van der Waals surface area contributed by atoms with Crippen LogP contribution in [0.3, 0.4) is 0 Å². The van der Waals surface area contributed by atoms with Gasteiger partial charge in [-0.05, 0) is 27.2 Å². The second-order valence-electron chi connectivity index (χ2n) is 4.47. The van der Waals surface area contributed by atoms with Gasteiger partial charge in [0.25, 0.3) is 0 Å². The fraction of sp³-hybridized carbons (Fsp3) is 0.583. The zero-order valence-electron chi connectivity index (χ0n) is 11.3. The molecule has 1 aromatic heterocycles. The highest BCUT2D eigenvalue weighted by atomic mass is 16.2. The normalized spacial score (nSPS) is 12.3. The predicted molar refractivity (Wildman–Crippen MR) is 72.2 cm³/mol. The lowest BCUT2D eigenvalue weighted by Gasteiger charge is -2.18. The third kappa shape index (κ3) is 3.58. The lowest BCUT2D eigenvalue weighted by molar-refractivity contribution is -0.122. The Kier molecular flexibility index (Phi) is 4.88. The maximum Gasteiger partial charge on any atom is 0.242 e. The minimum absolute atomic E-state index is 0.0655. The fourth-order valence-electron chi connectivity index (χ4n) is 1.58. The Labute approximate surface area is 107 Å². The van der Waals surface area contributed by atoms with Crippen molar-refractivity contribution in [1.82, 2.24) is 15.3 Å². The third-order valence-electron chi connectivity index (χ3n) is 2.51. The molecule has 6 heteroatoms. The van der Waals surface area contributed by atoms with Gasteiger partial charge in [0.05, 0.1) is 0 Å². The number of nitrogens with zero attached hydrogens (tertiary/aromatic N) is 2. The van der Waals surface area contributed by atoms with E-state index in [1.54, 1.807) is 6.92 Å². The number of rotatable bonds is 5. The largest absolute Gasteiger partial charge is 0.383 e. The molecule has 1 rings (SSSR count). The number of nitrogens with one attached hydrogen (secondary N) is 2. The Morgan fingerprint density at radius 1 is 1.39 bits per heavy atom. The molecule has 4 N–H and O–H groups in total. The van der Waals surface area contributed by atoms with Gasteiger partial charge in [-0.3, -0.25) is 4.79 Å². The molecule has 1 unspecified atom stereocenters. The smallest absolute Gasteiger partial charge is 0.242 e. The minimum atomic E-state index is -0.369. The number of hydrogen-bond donors (Lipinski definition) is 3. The lowest BCUT2D eigenvalue weighted by Crippen LogP contribution is -2.41. The van der Waals surface area contributed by atoms with E-state index in [4.69, 9.17) is 5.73 Å². The molecule has 1 atom stereocenters. The van der Waals surface area contributed by atoms with Crippen molar-refractivity contribution in [2.24, 2.45) is 0 Å². The lowest BCUT2D eigenvalue weighted by atomic mass is 10.2. The first kappa shape index (κ1) is 14.2. The molecule has 18 heavy (non-hydrogen) atoms. The molecule has 0 aliphatic heterocycles. The van der Waals surface area contributed by atoms with Gasteiger partial charge < -0.3 is 16.4 Å². The van der Waals surface area contributed by atoms with Gasteiger partial charge in [0.2, 0.25) is 5.91 Å². The molecule has 0 aliphatic carbocycles. The van der Waals surface area contributed by atoms with Gasteiger partial charge in [-0.2, -0.15) is 0 Å². The van der Waals surface area contributed by atoms with Gasteiger partial charge in [-0.1, -0.05) is 6.92 Å². The van der Waals surface area contributed by atoms with Crippen molar-refractivity contribution in [3.63, 3.8) is 0 Å². The van der Waals surface area contributed by atoms with Crippen LogP contribution in [0.1, 0.15) is 33.3 Å². The second-order valence-corrected chi connectivity index (χ2v) is 4.47. The summed E-state index contributed by atoms with van der Waals surface area (Å²) in [6.45, 7) is 7.60. The molecule has 0 spiro atoms. The van der Waals surface area contributed by atoms with Gasteiger partial charge in [-0.15, -0.1) is 0 Å². The van der Waals surface area contributed by atoms with Crippen LogP contribution in [-0.4, -0.2) is 28.0 Å². The summed E-state index contributed by atoms with van der Waals surface area (Å²) in [6, 6.07) is -0.255. The highest BCUT2D eigenvalue weighted by Crippen LogP contribution is 2.18. The first-order chi connectivity index (χ1) is 8.45. The van der Waals surface area contributed by atoms with Crippen molar-refractivity contribution in [3.8, 4) is 0 Å². The van der Waals surface area contributed by atoms with Crippen LogP contribution in [0.15, 0.2) is 6.33 Å². The molecule has 0 saturated carbocycles. The van der Waals surface area contributed by atoms with E-state index in [1.807, 2.05) is 20.8 Å². The van der Waals surface area contributed by atoms with Crippen molar-refractivity contribution < 1.29 is 4.79 Å². The Hall–Kier alpha value is -1.85. The summed E-state index contributed by atoms with van der Waals surface area (Å²) >= 11 is 0. The van der Waals surface area contributed by atoms with E-state index in [9.17, 15) is 4.79 Å². The Morgan fingerprint density at radius 2 is 2.06 bits per heavy atom. The molecule has 0 radical (unpaired) electrons. The summed E-state index contributed by atoms with van der Waals surface area (Å²) in [4.78, 5) is 19.9. The topological polar surface area (TPSA) is 92.9 Å². The Bertz CT molecular complexity index is 419. The molecule has 1 aromatic rings. The first-order valence-electron chi connectivity index (χ1n) is 6.12. The van der Waals surface area contributed by atoms with Crippen LogP contribution in [0.5, 0.6) is 0 Å². The van der Waals surface area contributed by atoms with E-state index in [0.717, 1.165) is 5.56 Å². The molecule has 0 fully saturated rings. The van der Waals surface area contributed by atoms with Crippen LogP contribution in [0, 0.1) is 0 Å². The van der Waals surface area contributed by atoms with Gasteiger partial charge in [0.15, 0.2) is 0 Å². The van der Waals surface area contributed by atoms with Crippen molar-refractivity contribution in [3.05, 3.63) is 11.9 Å². The summed E-state index contributed by atoms with van der Waals surface area (Å²) in [5.74, 6) is 1.01. The number of nitrogens with two attached hydrogens (primary N) is 1. The van der Waals surface area contributed by atoms with Crippen molar-refractivity contribution in [1.29, 1.82) is 0 Å². The van der Waals surface area contributed by atoms with E-state index in [-0.39, 0.29) is 18.0 Å². The van der Waals surface area contributed by atoms with Crippen LogP contribution in [-0.2, 0) is 11.2 Å². The van der Waals surface area contributed by atoms with Crippen LogP contribution in [0.25, 0.3) is 0 Å². The first-order valence-corrected chi connectivity index (χ1v) is 6.12. The third-order valence-corrected chi connectivity index (χ3v) is 2.51. The molecule has 1 heterocycles. The summed E-state index contributed by atoms with van der Waals surface area (Å²) in [7, 11) is 0. The monoisotopic (exact) mass is 251 g/mol. The number of carbonyl (C=O) groups is 1. The van der Waals surface area contributed by atoms with Gasteiger partial charge >= 0.3 is 0 Å². The molecule has 100 valence electrons. The fourth-order valence-corrected chi connectivity index (χ4v) is 1.58. The number of aromatic nitrogens is 2. The van der Waals surface area contributed by atoms with E-state index in [1.165, 1.54) is 6.33 Å². The number of anilines is 2. The Morgan fingerprint density at radius 3 is 2.61 bits per heavy atom. The SMILES string of the molecule is CCc1c(N)ncnc1NC(C)C(=O)NC(C)C. The van der Waals surface area contributed by atoms with Gasteiger partial charge in [0, 0.05) is 11.6 Å². The number of hydrogen-bond acceptors (Lipinski definition) is 5. The summed E-state index contributed by atoms with van der Waals surface area (Å²) in [5.41, 5.74) is 6.61. The maximum absolute atomic E-state index is 11.8. The highest BCUT2D eigenvalue weighted by Gasteiger charge is 2.16. The molecule has 0 aliphatic rings. The highest BCUT2D eigenvalue weighted by molar-refractivity contribution is 5.84. The zero-order chi connectivity index (χ0) is 13.7.